The Morgan fingerprint density at radius 2 is 1.66 bits per heavy atom. The molecule has 2 N–H and O–H groups in total. The lowest BCUT2D eigenvalue weighted by atomic mass is 10.1. The summed E-state index contributed by atoms with van der Waals surface area (Å²) in [6, 6.07) is 10.7. The van der Waals surface area contributed by atoms with Crippen LogP contribution in [0.2, 0.25) is 5.02 Å². The third-order valence-electron chi connectivity index (χ3n) is 4.93. The van der Waals surface area contributed by atoms with Crippen molar-refractivity contribution in [3.63, 3.8) is 0 Å². The number of hydrogen-bond acceptors (Lipinski definition) is 5. The minimum Gasteiger partial charge on any atom is -0.495 e. The van der Waals surface area contributed by atoms with E-state index < -0.39 is 27.7 Å². The Hall–Kier alpha value is -3.44. The van der Waals surface area contributed by atoms with E-state index in [0.717, 1.165) is 24.3 Å². The molecule has 0 aliphatic rings. The van der Waals surface area contributed by atoms with Crippen LogP contribution in [0, 0.1) is 6.92 Å². The second-order valence-corrected chi connectivity index (χ2v) is 9.39. The molecular weight excluding hydrogens is 509 g/mol. The number of ether oxygens (including phenoxy) is 2. The van der Waals surface area contributed by atoms with Gasteiger partial charge in [0.25, 0.3) is 15.9 Å². The van der Waals surface area contributed by atoms with E-state index in [-0.39, 0.29) is 38.4 Å². The van der Waals surface area contributed by atoms with E-state index in [4.69, 9.17) is 21.1 Å². The zero-order valence-electron chi connectivity index (χ0n) is 18.7. The summed E-state index contributed by atoms with van der Waals surface area (Å²) in [7, 11) is -1.52. The highest BCUT2D eigenvalue weighted by molar-refractivity contribution is 7.92. The molecule has 0 aliphatic carbocycles. The molecule has 7 nitrogen and oxygen atoms in total. The van der Waals surface area contributed by atoms with E-state index in [1.54, 1.807) is 6.92 Å². The average Bonchev–Trinajstić information content (AvgIpc) is 2.79. The van der Waals surface area contributed by atoms with Crippen LogP contribution < -0.4 is 19.5 Å². The average molecular weight is 529 g/mol. The number of aryl methyl sites for hydroxylation is 1. The molecule has 0 bridgehead atoms. The number of anilines is 2. The Balaban J connectivity index is 1.92. The quantitative estimate of drug-likeness (QED) is 0.408. The number of methoxy groups -OCH3 is 2. The summed E-state index contributed by atoms with van der Waals surface area (Å²) in [6.45, 7) is 1.57. The lowest BCUT2D eigenvalue weighted by Crippen LogP contribution is -2.17. The van der Waals surface area contributed by atoms with E-state index in [1.807, 2.05) is 0 Å². The van der Waals surface area contributed by atoms with Gasteiger partial charge in [0.1, 0.15) is 11.5 Å². The van der Waals surface area contributed by atoms with Crippen molar-refractivity contribution in [1.29, 1.82) is 0 Å². The second-order valence-electron chi connectivity index (χ2n) is 7.30. The normalized spacial score (nSPS) is 11.6. The number of rotatable bonds is 7. The molecule has 12 heteroatoms. The molecule has 1 amide bonds. The van der Waals surface area contributed by atoms with Gasteiger partial charge in [0.15, 0.2) is 0 Å². The molecule has 0 radical (unpaired) electrons. The minimum absolute atomic E-state index is 0.0362. The smallest absolute Gasteiger partial charge is 0.416 e. The van der Waals surface area contributed by atoms with E-state index in [2.05, 4.69) is 10.0 Å². The maximum atomic E-state index is 13.1. The molecule has 0 spiro atoms. The molecule has 0 unspecified atom stereocenters. The lowest BCUT2D eigenvalue weighted by molar-refractivity contribution is -0.137. The SMILES string of the molecule is COc1cc(NS(=O)(=O)c2ccc(C)c(C(=O)Nc3cccc(C(F)(F)F)c3)c2)c(OC)cc1Cl. The fourth-order valence-electron chi connectivity index (χ4n) is 3.13. The number of sulfonamides is 1. The Morgan fingerprint density at radius 1 is 0.971 bits per heavy atom. The van der Waals surface area contributed by atoms with Gasteiger partial charge in [-0.1, -0.05) is 23.7 Å². The molecule has 0 heterocycles. The Kier molecular flexibility index (Phi) is 7.51. The molecular formula is C23H20ClF3N2O5S. The molecule has 3 aromatic rings. The molecule has 0 saturated heterocycles. The molecule has 3 aromatic carbocycles. The predicted molar refractivity (Wildman–Crippen MR) is 126 cm³/mol. The molecule has 186 valence electrons. The number of amides is 1. The molecule has 0 aliphatic heterocycles. The van der Waals surface area contributed by atoms with Gasteiger partial charge in [0, 0.05) is 23.4 Å². The number of benzene rings is 3. The number of alkyl halides is 3. The van der Waals surface area contributed by atoms with Gasteiger partial charge < -0.3 is 14.8 Å². The summed E-state index contributed by atoms with van der Waals surface area (Å²) in [4.78, 5) is 12.5. The third kappa shape index (κ3) is 5.98. The molecule has 0 aromatic heterocycles. The van der Waals surface area contributed by atoms with Crippen LogP contribution in [0.15, 0.2) is 59.5 Å². The highest BCUT2D eigenvalue weighted by Crippen LogP contribution is 2.37. The van der Waals surface area contributed by atoms with Crippen LogP contribution in [0.1, 0.15) is 21.5 Å². The van der Waals surface area contributed by atoms with Gasteiger partial charge in [-0.25, -0.2) is 8.42 Å². The highest BCUT2D eigenvalue weighted by Gasteiger charge is 2.30. The van der Waals surface area contributed by atoms with Crippen LogP contribution in [-0.4, -0.2) is 28.5 Å². The monoisotopic (exact) mass is 528 g/mol. The maximum Gasteiger partial charge on any atom is 0.416 e. The van der Waals surface area contributed by atoms with E-state index in [9.17, 15) is 26.4 Å². The van der Waals surface area contributed by atoms with Crippen LogP contribution in [0.3, 0.4) is 0 Å². The first-order valence-corrected chi connectivity index (χ1v) is 11.8. The van der Waals surface area contributed by atoms with Crippen molar-refractivity contribution >= 4 is 38.9 Å². The first-order chi connectivity index (χ1) is 16.4. The van der Waals surface area contributed by atoms with Crippen molar-refractivity contribution in [3.8, 4) is 11.5 Å². The second kappa shape index (κ2) is 10.0. The van der Waals surface area contributed by atoms with Crippen molar-refractivity contribution in [2.24, 2.45) is 0 Å². The van der Waals surface area contributed by atoms with Crippen molar-refractivity contribution in [2.75, 3.05) is 24.3 Å². The summed E-state index contributed by atoms with van der Waals surface area (Å²) < 4.78 is 77.7. The van der Waals surface area contributed by atoms with Gasteiger partial charge >= 0.3 is 6.18 Å². The first-order valence-electron chi connectivity index (χ1n) is 9.89. The van der Waals surface area contributed by atoms with Gasteiger partial charge in [0.05, 0.1) is 35.4 Å². The third-order valence-corrected chi connectivity index (χ3v) is 6.59. The van der Waals surface area contributed by atoms with Gasteiger partial charge in [-0.3, -0.25) is 9.52 Å². The summed E-state index contributed by atoms with van der Waals surface area (Å²) in [5, 5.41) is 2.58. The molecule has 0 fully saturated rings. The van der Waals surface area contributed by atoms with Crippen LogP contribution in [0.25, 0.3) is 0 Å². The number of halogens is 4. The largest absolute Gasteiger partial charge is 0.495 e. The zero-order valence-corrected chi connectivity index (χ0v) is 20.2. The molecule has 0 saturated carbocycles. The predicted octanol–water partition coefficient (Wildman–Crippen LogP) is 5.74. The first kappa shape index (κ1) is 26.2. The number of hydrogen-bond donors (Lipinski definition) is 2. The van der Waals surface area contributed by atoms with Crippen molar-refractivity contribution in [1.82, 2.24) is 0 Å². The number of carbonyl (C=O) groups is 1. The number of carbonyl (C=O) groups excluding carboxylic acids is 1. The number of nitrogens with one attached hydrogen (secondary N) is 2. The molecule has 0 atom stereocenters. The van der Waals surface area contributed by atoms with Gasteiger partial charge in [-0.15, -0.1) is 0 Å². The standard InChI is InChI=1S/C23H20ClF3N2O5S/c1-13-7-8-16(35(31,32)29-19-12-20(33-2)18(24)11-21(19)34-3)10-17(13)22(30)28-15-6-4-5-14(9-15)23(25,26)27/h4-12,29H,1-3H3,(H,28,30). The maximum absolute atomic E-state index is 13.1. The van der Waals surface area contributed by atoms with E-state index in [0.29, 0.717) is 5.56 Å². The van der Waals surface area contributed by atoms with Crippen molar-refractivity contribution in [2.45, 2.75) is 18.0 Å². The summed E-state index contributed by atoms with van der Waals surface area (Å²) in [5.41, 5.74) is -0.595. The summed E-state index contributed by atoms with van der Waals surface area (Å²) in [6.07, 6.45) is -4.58. The molecule has 35 heavy (non-hydrogen) atoms. The summed E-state index contributed by atoms with van der Waals surface area (Å²) >= 11 is 6.05. The lowest BCUT2D eigenvalue weighted by Gasteiger charge is -2.15. The van der Waals surface area contributed by atoms with Gasteiger partial charge in [0.2, 0.25) is 0 Å². The van der Waals surface area contributed by atoms with Crippen LogP contribution in [0.4, 0.5) is 24.5 Å². The topological polar surface area (TPSA) is 93.7 Å². The van der Waals surface area contributed by atoms with E-state index in [1.165, 1.54) is 44.6 Å². The van der Waals surface area contributed by atoms with Gasteiger partial charge in [-0.05, 0) is 42.8 Å². The Labute approximate surface area is 204 Å². The minimum atomic E-state index is -4.58. The van der Waals surface area contributed by atoms with E-state index >= 15 is 0 Å². The van der Waals surface area contributed by atoms with Gasteiger partial charge in [-0.2, -0.15) is 13.2 Å². The Bertz CT molecular complexity index is 1380. The fraction of sp³-hybridized carbons (Fsp3) is 0.174. The van der Waals surface area contributed by atoms with Crippen molar-refractivity contribution < 1.29 is 35.9 Å². The highest BCUT2D eigenvalue weighted by atomic mass is 35.5. The van der Waals surface area contributed by atoms with Crippen molar-refractivity contribution in [3.05, 3.63) is 76.3 Å². The Morgan fingerprint density at radius 3 is 2.29 bits per heavy atom. The van der Waals surface area contributed by atoms with Crippen LogP contribution >= 0.6 is 11.6 Å². The van der Waals surface area contributed by atoms with Crippen LogP contribution in [0.5, 0.6) is 11.5 Å². The zero-order chi connectivity index (χ0) is 26.0. The fourth-order valence-corrected chi connectivity index (χ4v) is 4.45. The summed E-state index contributed by atoms with van der Waals surface area (Å²) in [5.74, 6) is -0.436. The molecule has 3 rings (SSSR count). The van der Waals surface area contributed by atoms with Crippen LogP contribution in [-0.2, 0) is 16.2 Å².